The fourth-order valence-electron chi connectivity index (χ4n) is 7.84. The number of carbonyl (C=O) groups is 3. The minimum atomic E-state index is -2.50. The fraction of sp³-hybridized carbons (Fsp3) is 0.720. The van der Waals surface area contributed by atoms with Crippen molar-refractivity contribution in [1.82, 2.24) is 0 Å². The molecule has 0 amide bonds. The summed E-state index contributed by atoms with van der Waals surface area (Å²) in [5.41, 5.74) is -7.90. The molecule has 9 heteroatoms. The number of aliphatic hydroxyl groups excluding tert-OH is 1. The molecule has 0 bridgehead atoms. The van der Waals surface area contributed by atoms with Gasteiger partial charge in [-0.15, -0.1) is 11.6 Å². The lowest BCUT2D eigenvalue weighted by Crippen LogP contribution is -2.71. The van der Waals surface area contributed by atoms with Gasteiger partial charge in [-0.3, -0.25) is 14.4 Å². The summed E-state index contributed by atoms with van der Waals surface area (Å²) < 4.78 is 53.3. The van der Waals surface area contributed by atoms with E-state index in [4.69, 9.17) is 16.3 Å². The van der Waals surface area contributed by atoms with Crippen LogP contribution in [0, 0.1) is 28.6 Å². The van der Waals surface area contributed by atoms with Crippen LogP contribution in [-0.2, 0) is 19.1 Å². The highest BCUT2D eigenvalue weighted by atomic mass is 35.5. The second kappa shape index (κ2) is 7.92. The number of ether oxygens (including phenoxy) is 1. The number of Topliss-reactive ketones (excluding diaryl/α,β-unsaturated/α-hetero) is 1. The Balaban J connectivity index is 1.90. The van der Waals surface area contributed by atoms with Gasteiger partial charge in [0.25, 0.3) is 0 Å². The summed E-state index contributed by atoms with van der Waals surface area (Å²) in [6.07, 6.45) is -2.17. The molecule has 0 aliphatic heterocycles. The number of allylic oxidation sites excluding steroid dienone is 4. The predicted molar refractivity (Wildman–Crippen MR) is 118 cm³/mol. The molecule has 0 radical (unpaired) electrons. The van der Waals surface area contributed by atoms with Crippen LogP contribution in [0.2, 0.25) is 0 Å². The van der Waals surface area contributed by atoms with E-state index in [0.29, 0.717) is 0 Å². The van der Waals surface area contributed by atoms with Crippen molar-refractivity contribution in [3.05, 3.63) is 23.6 Å². The Kier molecular flexibility index (Phi) is 5.92. The summed E-state index contributed by atoms with van der Waals surface area (Å²) in [6, 6.07) is 0. The van der Waals surface area contributed by atoms with Gasteiger partial charge >= 0.3 is 5.97 Å². The molecule has 0 spiro atoms. The largest absolute Gasteiger partial charge is 0.450 e. The maximum Gasteiger partial charge on any atom is 0.306 e. The second-order valence-electron chi connectivity index (χ2n) is 10.7. The molecule has 0 aromatic heterocycles. The van der Waals surface area contributed by atoms with Crippen LogP contribution in [0.5, 0.6) is 0 Å². The summed E-state index contributed by atoms with van der Waals surface area (Å²) in [5.74, 6) is -6.32. The zero-order chi connectivity index (χ0) is 25.4. The van der Waals surface area contributed by atoms with Crippen molar-refractivity contribution in [3.63, 3.8) is 0 Å². The molecule has 1 N–H and O–H groups in total. The van der Waals surface area contributed by atoms with Crippen molar-refractivity contribution in [2.75, 3.05) is 5.88 Å². The van der Waals surface area contributed by atoms with Crippen molar-refractivity contribution in [1.29, 1.82) is 0 Å². The number of hydrogen-bond acceptors (Lipinski definition) is 5. The molecule has 4 aliphatic carbocycles. The molecule has 0 saturated heterocycles. The van der Waals surface area contributed by atoms with E-state index in [1.165, 1.54) is 6.92 Å². The van der Waals surface area contributed by atoms with Crippen LogP contribution in [0.1, 0.15) is 53.4 Å². The van der Waals surface area contributed by atoms with Crippen LogP contribution in [-0.4, -0.2) is 52.1 Å². The highest BCUT2D eigenvalue weighted by molar-refractivity contribution is 6.29. The Hall–Kier alpha value is -1.67. The Morgan fingerprint density at radius 3 is 2.50 bits per heavy atom. The number of rotatable bonds is 4. The first-order chi connectivity index (χ1) is 15.8. The van der Waals surface area contributed by atoms with Gasteiger partial charge in [0.2, 0.25) is 5.78 Å². The number of fused-ring (bicyclic) bond motifs is 5. The van der Waals surface area contributed by atoms with Gasteiger partial charge < -0.3 is 9.84 Å². The van der Waals surface area contributed by atoms with E-state index in [1.54, 1.807) is 20.8 Å². The minimum Gasteiger partial charge on any atom is -0.450 e. The Labute approximate surface area is 201 Å². The zero-order valence-corrected chi connectivity index (χ0v) is 20.4. The van der Waals surface area contributed by atoms with Crippen molar-refractivity contribution in [3.8, 4) is 0 Å². The monoisotopic (exact) mass is 502 g/mol. The minimum absolute atomic E-state index is 0.000688. The van der Waals surface area contributed by atoms with Crippen LogP contribution in [0.4, 0.5) is 13.2 Å². The van der Waals surface area contributed by atoms with Crippen LogP contribution in [0.3, 0.4) is 0 Å². The molecule has 34 heavy (non-hydrogen) atoms. The molecule has 0 unspecified atom stereocenters. The van der Waals surface area contributed by atoms with Gasteiger partial charge in [0.1, 0.15) is 6.17 Å². The highest BCUT2D eigenvalue weighted by Gasteiger charge is 2.78. The van der Waals surface area contributed by atoms with Crippen LogP contribution in [0.15, 0.2) is 23.6 Å². The van der Waals surface area contributed by atoms with Crippen LogP contribution >= 0.6 is 11.6 Å². The van der Waals surface area contributed by atoms with Gasteiger partial charge in [-0.05, 0) is 38.2 Å². The molecule has 4 aliphatic rings. The molecule has 0 aromatic carbocycles. The van der Waals surface area contributed by atoms with Gasteiger partial charge in [-0.25, -0.2) is 13.2 Å². The van der Waals surface area contributed by atoms with Crippen molar-refractivity contribution in [2.24, 2.45) is 28.6 Å². The maximum absolute atomic E-state index is 17.2. The van der Waals surface area contributed by atoms with Gasteiger partial charge in [-0.1, -0.05) is 26.8 Å². The number of hydrogen-bond donors (Lipinski definition) is 1. The van der Waals surface area contributed by atoms with Crippen molar-refractivity contribution in [2.45, 2.75) is 76.9 Å². The third kappa shape index (κ3) is 2.81. The average molecular weight is 503 g/mol. The number of ketones is 2. The Morgan fingerprint density at radius 2 is 1.91 bits per heavy atom. The normalized spacial score (nSPS) is 47.7. The molecule has 9 atom stereocenters. The Bertz CT molecular complexity index is 1010. The summed E-state index contributed by atoms with van der Waals surface area (Å²) >= 11 is 5.95. The lowest BCUT2D eigenvalue weighted by molar-refractivity contribution is -0.230. The number of alkyl halides is 3. The van der Waals surface area contributed by atoms with E-state index in [2.05, 4.69) is 0 Å². The topological polar surface area (TPSA) is 80.7 Å². The average Bonchev–Trinajstić information content (AvgIpc) is 3.00. The number of carbonyl (C=O) groups excluding carboxylic acids is 3. The Morgan fingerprint density at radius 1 is 1.26 bits per heavy atom. The number of aliphatic hydroxyl groups is 1. The molecule has 5 nitrogen and oxygen atoms in total. The van der Waals surface area contributed by atoms with Gasteiger partial charge in [0.15, 0.2) is 22.9 Å². The van der Waals surface area contributed by atoms with Gasteiger partial charge in [-0.2, -0.15) is 0 Å². The van der Waals surface area contributed by atoms with Crippen LogP contribution in [0.25, 0.3) is 0 Å². The van der Waals surface area contributed by atoms with Gasteiger partial charge in [0.05, 0.1) is 12.0 Å². The molecular weight excluding hydrogens is 473 g/mol. The molecule has 0 aromatic rings. The summed E-state index contributed by atoms with van der Waals surface area (Å²) in [6.45, 7) is 6.27. The van der Waals surface area contributed by atoms with E-state index < -0.39 is 93.4 Å². The van der Waals surface area contributed by atoms with Crippen LogP contribution < -0.4 is 0 Å². The highest BCUT2D eigenvalue weighted by Crippen LogP contribution is 2.72. The maximum atomic E-state index is 17.2. The first-order valence-corrected chi connectivity index (χ1v) is 12.3. The van der Waals surface area contributed by atoms with Crippen molar-refractivity contribution >= 4 is 29.1 Å². The first-order valence-electron chi connectivity index (χ1n) is 11.7. The lowest BCUT2D eigenvalue weighted by atomic mass is 9.44. The standard InChI is InChI=1S/C25H30ClF3O5/c1-5-19(33)34-25(18(32)11-26)12(2)8-13-14-9-15(27)20-21(28)16(30)6-7-22(20,3)24(14,29)17(31)10-23(13,25)4/h6-7,12-15,17,31H,5,8-11H2,1-4H3/t12-,13+,14+,15+,17+,22+,23+,24+,25+/m1/s1. The number of halogens is 4. The molecular formula is C25H30ClF3O5. The predicted octanol–water partition coefficient (Wildman–Crippen LogP) is 4.35. The molecule has 0 heterocycles. The van der Waals surface area contributed by atoms with E-state index in [9.17, 15) is 23.9 Å². The molecule has 3 fully saturated rings. The van der Waals surface area contributed by atoms with E-state index >= 15 is 8.78 Å². The van der Waals surface area contributed by atoms with Crippen molar-refractivity contribution < 1.29 is 37.4 Å². The molecule has 4 rings (SSSR count). The fourth-order valence-corrected chi connectivity index (χ4v) is 8.03. The number of esters is 1. The van der Waals surface area contributed by atoms with E-state index in [0.717, 1.165) is 12.2 Å². The third-order valence-electron chi connectivity index (χ3n) is 9.35. The lowest BCUT2D eigenvalue weighted by Gasteiger charge is -2.63. The summed E-state index contributed by atoms with van der Waals surface area (Å²) in [4.78, 5) is 37.6. The van der Waals surface area contributed by atoms with E-state index in [1.807, 2.05) is 0 Å². The van der Waals surface area contributed by atoms with Gasteiger partial charge in [0, 0.05) is 34.7 Å². The smallest absolute Gasteiger partial charge is 0.306 e. The third-order valence-corrected chi connectivity index (χ3v) is 9.59. The van der Waals surface area contributed by atoms with E-state index in [-0.39, 0.29) is 19.3 Å². The zero-order valence-electron chi connectivity index (χ0n) is 19.7. The quantitative estimate of drug-likeness (QED) is 0.456. The summed E-state index contributed by atoms with van der Waals surface area (Å²) in [7, 11) is 0. The summed E-state index contributed by atoms with van der Waals surface area (Å²) in [5, 5.41) is 11.3. The molecule has 188 valence electrons. The first kappa shape index (κ1) is 25.4. The SMILES string of the molecule is CCC(=O)O[C@]1(C(=O)CCl)[C@H](C)C[C@H]2[C@@H]3C[C@H](F)C4=C(F)C(=O)C=C[C@]4(C)[C@@]3(F)[C@@H](O)C[C@@]21C. The molecule has 3 saturated carbocycles. The second-order valence-corrected chi connectivity index (χ2v) is 11.0.